The monoisotopic (exact) mass is 317 g/mol. The van der Waals surface area contributed by atoms with Crippen LogP contribution in [0.1, 0.15) is 25.8 Å². The number of amides is 1. The van der Waals surface area contributed by atoms with E-state index < -0.39 is 20.1 Å². The average molecular weight is 317 g/mol. The van der Waals surface area contributed by atoms with Gasteiger partial charge in [0.15, 0.2) is 0 Å². The molecule has 1 aromatic carbocycles. The van der Waals surface area contributed by atoms with Gasteiger partial charge in [-0.15, -0.1) is 0 Å². The van der Waals surface area contributed by atoms with Gasteiger partial charge in [0.25, 0.3) is 0 Å². The molecule has 1 amide bonds. The van der Waals surface area contributed by atoms with Crippen LogP contribution in [-0.2, 0) is 15.0 Å². The van der Waals surface area contributed by atoms with E-state index in [4.69, 9.17) is 0 Å². The second-order valence-electron chi connectivity index (χ2n) is 3.94. The topological polar surface area (TPSA) is 107 Å². The molecule has 1 aromatic rings. The van der Waals surface area contributed by atoms with Gasteiger partial charge in [0.05, 0.1) is 0 Å². The minimum atomic E-state index is -5.20. The summed E-state index contributed by atoms with van der Waals surface area (Å²) in [6.45, 7) is 3.13. The van der Waals surface area contributed by atoms with Gasteiger partial charge in [0.1, 0.15) is 0 Å². The third kappa shape index (κ3) is 3.38. The number of anilines is 1. The molecule has 18 heavy (non-hydrogen) atoms. The molecule has 100 valence electrons. The number of hydrogen-bond donors (Lipinski definition) is 4. The van der Waals surface area contributed by atoms with Gasteiger partial charge in [-0.05, 0) is 0 Å². The fraction of sp³-hybridized carbons (Fsp3) is 0.364. The molecular weight excluding hydrogens is 301 g/mol. The van der Waals surface area contributed by atoms with Crippen molar-refractivity contribution in [2.45, 2.75) is 26.7 Å². The van der Waals surface area contributed by atoms with Gasteiger partial charge in [-0.2, -0.15) is 0 Å². The Morgan fingerprint density at radius 1 is 1.39 bits per heavy atom. The summed E-state index contributed by atoms with van der Waals surface area (Å²) in [6, 6.07) is 2.73. The summed E-state index contributed by atoms with van der Waals surface area (Å²) in [6.07, 6.45) is 1.33. The van der Waals surface area contributed by atoms with Crippen molar-refractivity contribution < 1.29 is 21.8 Å². The van der Waals surface area contributed by atoms with Crippen molar-refractivity contribution in [3.05, 3.63) is 17.7 Å². The van der Waals surface area contributed by atoms with Crippen LogP contribution >= 0.6 is 0 Å². The van der Waals surface area contributed by atoms with Crippen LogP contribution in [0.5, 0.6) is 5.75 Å². The maximum absolute atomic E-state index is 11.3. The molecule has 6 nitrogen and oxygen atoms in total. The minimum absolute atomic E-state index is 0.180. The molecule has 0 aliphatic carbocycles. The molecule has 0 saturated heterocycles. The molecule has 0 heterocycles. The number of aromatic hydroxyl groups is 1. The molecule has 0 aliphatic heterocycles. The van der Waals surface area contributed by atoms with Gasteiger partial charge >= 0.3 is 107 Å². The molecule has 0 atom stereocenters. The van der Waals surface area contributed by atoms with Crippen molar-refractivity contribution in [2.24, 2.45) is 0 Å². The molecular formula is C11H16AsNO5. The fourth-order valence-electron chi connectivity index (χ4n) is 1.64. The van der Waals surface area contributed by atoms with Crippen LogP contribution < -0.4 is 9.67 Å². The third-order valence-electron chi connectivity index (χ3n) is 2.37. The van der Waals surface area contributed by atoms with E-state index in [1.54, 1.807) is 0 Å². The van der Waals surface area contributed by atoms with Crippen LogP contribution in [0.15, 0.2) is 12.1 Å². The summed E-state index contributed by atoms with van der Waals surface area (Å²) >= 11 is -5.20. The molecule has 7 heteroatoms. The molecule has 0 spiro atoms. The maximum atomic E-state index is 11.3. The number of nitrogens with one attached hydrogen (secondary N) is 1. The Hall–Kier alpha value is -1.23. The molecule has 0 saturated carbocycles. The average Bonchev–Trinajstić information content (AvgIpc) is 2.22. The van der Waals surface area contributed by atoms with E-state index in [2.05, 4.69) is 5.32 Å². The normalized spacial score (nSPS) is 11.3. The van der Waals surface area contributed by atoms with Crippen LogP contribution in [-0.4, -0.2) is 33.4 Å². The summed E-state index contributed by atoms with van der Waals surface area (Å²) in [5, 5.41) is 12.2. The Morgan fingerprint density at radius 2 is 2.00 bits per heavy atom. The van der Waals surface area contributed by atoms with E-state index >= 15 is 0 Å². The predicted molar refractivity (Wildman–Crippen MR) is 66.9 cm³/mol. The first-order chi connectivity index (χ1) is 8.27. The predicted octanol–water partition coefficient (Wildman–Crippen LogP) is -0.136. The Kier molecular flexibility index (Phi) is 4.62. The van der Waals surface area contributed by atoms with Crippen molar-refractivity contribution in [3.63, 3.8) is 0 Å². The summed E-state index contributed by atoms with van der Waals surface area (Å²) in [7, 11) is 0. The Bertz CT molecular complexity index is 508. The SMILES string of the molecule is CCCc1ccc([As](=O)(O)O)c(NC(C)=O)c1O. The number of phenols is 1. The molecule has 0 unspecified atom stereocenters. The van der Waals surface area contributed by atoms with E-state index in [1.807, 2.05) is 6.92 Å². The van der Waals surface area contributed by atoms with Gasteiger partial charge in [-0.1, -0.05) is 0 Å². The van der Waals surface area contributed by atoms with Gasteiger partial charge in [-0.3, -0.25) is 0 Å². The van der Waals surface area contributed by atoms with E-state index in [-0.39, 0.29) is 15.8 Å². The van der Waals surface area contributed by atoms with Crippen LogP contribution in [0, 0.1) is 0 Å². The van der Waals surface area contributed by atoms with E-state index in [0.717, 1.165) is 6.42 Å². The zero-order chi connectivity index (χ0) is 13.9. The second kappa shape index (κ2) is 5.61. The van der Waals surface area contributed by atoms with Crippen molar-refractivity contribution in [2.75, 3.05) is 5.32 Å². The Labute approximate surface area is 108 Å². The first kappa shape index (κ1) is 14.8. The van der Waals surface area contributed by atoms with Gasteiger partial charge in [0, 0.05) is 0 Å². The fourth-order valence-corrected chi connectivity index (χ4v) is 3.15. The van der Waals surface area contributed by atoms with Crippen LogP contribution in [0.25, 0.3) is 0 Å². The zero-order valence-corrected chi connectivity index (χ0v) is 12.1. The van der Waals surface area contributed by atoms with E-state index in [9.17, 15) is 21.8 Å². The molecule has 4 N–H and O–H groups in total. The molecule has 0 aliphatic rings. The van der Waals surface area contributed by atoms with Crippen molar-refractivity contribution in [1.82, 2.24) is 0 Å². The number of carbonyl (C=O) groups is 1. The quantitative estimate of drug-likeness (QED) is 0.457. The summed E-state index contributed by atoms with van der Waals surface area (Å²) in [5.41, 5.74) is 0.370. The van der Waals surface area contributed by atoms with E-state index in [1.165, 1.54) is 19.1 Å². The number of carbonyl (C=O) groups excluding carboxylic acids is 1. The molecule has 1 rings (SSSR count). The second-order valence-corrected chi connectivity index (χ2v) is 7.24. The van der Waals surface area contributed by atoms with Gasteiger partial charge in [0.2, 0.25) is 0 Å². The van der Waals surface area contributed by atoms with Crippen molar-refractivity contribution in [3.8, 4) is 5.75 Å². The standard InChI is InChI=1S/C11H16AsNO5/c1-3-4-8-5-6-9(12(16,17)18)10(11(8)15)13-7(2)14/h5-6,15H,3-4H2,1-2H3,(H,13,14)(H2,16,17,18). The van der Waals surface area contributed by atoms with Gasteiger partial charge < -0.3 is 0 Å². The van der Waals surface area contributed by atoms with Crippen LogP contribution in [0.2, 0.25) is 0 Å². The van der Waals surface area contributed by atoms with Gasteiger partial charge in [-0.25, -0.2) is 0 Å². The molecule has 0 radical (unpaired) electrons. The number of phenolic OH excluding ortho intramolecular Hbond substituents is 1. The summed E-state index contributed by atoms with van der Waals surface area (Å²) in [4.78, 5) is 11.0. The summed E-state index contributed by atoms with van der Waals surface area (Å²) < 4.78 is 29.5. The van der Waals surface area contributed by atoms with Crippen LogP contribution in [0.4, 0.5) is 5.69 Å². The number of benzene rings is 1. The van der Waals surface area contributed by atoms with Crippen molar-refractivity contribution >= 4 is 30.1 Å². The first-order valence-corrected chi connectivity index (χ1v) is 8.84. The number of aryl methyl sites for hydroxylation is 1. The Balaban J connectivity index is 3.41. The Morgan fingerprint density at radius 3 is 2.44 bits per heavy atom. The number of rotatable bonds is 4. The third-order valence-corrected chi connectivity index (χ3v) is 4.47. The van der Waals surface area contributed by atoms with Crippen LogP contribution in [0.3, 0.4) is 0 Å². The molecule has 0 aromatic heterocycles. The number of hydrogen-bond acceptors (Lipinski definition) is 3. The van der Waals surface area contributed by atoms with E-state index in [0.29, 0.717) is 12.0 Å². The zero-order valence-electron chi connectivity index (χ0n) is 10.2. The molecule has 0 fully saturated rings. The molecule has 0 bridgehead atoms. The first-order valence-electron chi connectivity index (χ1n) is 5.46. The van der Waals surface area contributed by atoms with Crippen molar-refractivity contribution in [1.29, 1.82) is 0 Å². The summed E-state index contributed by atoms with van der Waals surface area (Å²) in [5.74, 6) is -0.765.